The standard InChI is InChI=1S/C38H37NO6P2/c1-28-3-24-38(29(2)25-28)39(36-20-16-32(17-21-36)6-4-30-8-12-34(13-9-30)26-46(40,41)42)37-22-18-33(19-23-37)7-5-31-10-14-35(15-11-31)27-47(43,44)45/h3-25H,26-27H2,1-2H3,(H2,40,41,42)(H2,43,44,45)/b6-4+,7-5?. The predicted molar refractivity (Wildman–Crippen MR) is 193 cm³/mol. The third-order valence-electron chi connectivity index (χ3n) is 7.57. The summed E-state index contributed by atoms with van der Waals surface area (Å²) in [6, 6.07) is 37.4. The lowest BCUT2D eigenvalue weighted by molar-refractivity contribution is 0.369. The molecular formula is C38H37NO6P2. The van der Waals surface area contributed by atoms with Crippen molar-refractivity contribution in [3.8, 4) is 0 Å². The Morgan fingerprint density at radius 3 is 1.17 bits per heavy atom. The Bertz CT molecular complexity index is 1850. The van der Waals surface area contributed by atoms with E-state index in [2.05, 4.69) is 85.5 Å². The van der Waals surface area contributed by atoms with Gasteiger partial charge in [-0.2, -0.15) is 0 Å². The summed E-state index contributed by atoms with van der Waals surface area (Å²) in [7, 11) is -8.19. The van der Waals surface area contributed by atoms with Crippen molar-refractivity contribution in [2.24, 2.45) is 0 Å². The maximum absolute atomic E-state index is 11.3. The first kappa shape index (κ1) is 34.0. The van der Waals surface area contributed by atoms with E-state index >= 15 is 0 Å². The van der Waals surface area contributed by atoms with E-state index < -0.39 is 15.2 Å². The van der Waals surface area contributed by atoms with Crippen LogP contribution in [-0.2, 0) is 21.5 Å². The fourth-order valence-corrected chi connectivity index (χ4v) is 6.65. The highest BCUT2D eigenvalue weighted by molar-refractivity contribution is 7.51. The summed E-state index contributed by atoms with van der Waals surface area (Å²) in [6.07, 6.45) is 7.43. The van der Waals surface area contributed by atoms with Gasteiger partial charge in [0.25, 0.3) is 0 Å². The highest BCUT2D eigenvalue weighted by atomic mass is 31.2. The van der Waals surface area contributed by atoms with Gasteiger partial charge in [0, 0.05) is 17.1 Å². The van der Waals surface area contributed by atoms with Crippen LogP contribution in [-0.4, -0.2) is 19.6 Å². The van der Waals surface area contributed by atoms with Crippen molar-refractivity contribution in [2.75, 3.05) is 4.90 Å². The van der Waals surface area contributed by atoms with Gasteiger partial charge in [-0.15, -0.1) is 0 Å². The second kappa shape index (κ2) is 14.6. The van der Waals surface area contributed by atoms with Gasteiger partial charge < -0.3 is 24.5 Å². The van der Waals surface area contributed by atoms with Gasteiger partial charge in [0.15, 0.2) is 0 Å². The number of benzene rings is 5. The molecule has 0 fully saturated rings. The number of hydrogen-bond donors (Lipinski definition) is 4. The van der Waals surface area contributed by atoms with E-state index in [0.717, 1.165) is 44.9 Å². The Morgan fingerprint density at radius 1 is 0.511 bits per heavy atom. The normalized spacial score (nSPS) is 12.2. The lowest BCUT2D eigenvalue weighted by Crippen LogP contribution is -2.11. The summed E-state index contributed by atoms with van der Waals surface area (Å²) in [4.78, 5) is 39.1. The first-order chi connectivity index (χ1) is 22.3. The van der Waals surface area contributed by atoms with Crippen LogP contribution in [0.1, 0.15) is 44.5 Å². The Kier molecular flexibility index (Phi) is 10.6. The Balaban J connectivity index is 1.35. The first-order valence-corrected chi connectivity index (χ1v) is 18.6. The molecule has 0 aliphatic heterocycles. The van der Waals surface area contributed by atoms with Gasteiger partial charge in [-0.3, -0.25) is 9.13 Å². The fraction of sp³-hybridized carbons (Fsp3) is 0.105. The zero-order chi connectivity index (χ0) is 33.6. The van der Waals surface area contributed by atoms with Crippen LogP contribution < -0.4 is 4.90 Å². The van der Waals surface area contributed by atoms with E-state index in [0.29, 0.717) is 11.1 Å². The molecule has 0 spiro atoms. The molecule has 5 rings (SSSR count). The highest BCUT2D eigenvalue weighted by Crippen LogP contribution is 2.40. The number of nitrogens with zero attached hydrogens (tertiary/aromatic N) is 1. The largest absolute Gasteiger partial charge is 0.329 e. The van der Waals surface area contributed by atoms with Gasteiger partial charge in [-0.1, -0.05) is 115 Å². The number of hydrogen-bond acceptors (Lipinski definition) is 3. The van der Waals surface area contributed by atoms with E-state index in [9.17, 15) is 28.7 Å². The summed E-state index contributed by atoms with van der Waals surface area (Å²) in [5.41, 5.74) is 10.5. The molecule has 47 heavy (non-hydrogen) atoms. The van der Waals surface area contributed by atoms with Gasteiger partial charge in [0.2, 0.25) is 0 Å². The Hall–Kier alpha value is -4.32. The molecule has 5 aromatic rings. The second-order valence-corrected chi connectivity index (χ2v) is 14.9. The molecule has 0 saturated heterocycles. The molecule has 0 bridgehead atoms. The topological polar surface area (TPSA) is 118 Å². The third kappa shape index (κ3) is 10.1. The minimum absolute atomic E-state index is 0.269. The molecule has 9 heteroatoms. The minimum Gasteiger partial charge on any atom is -0.324 e. The van der Waals surface area contributed by atoms with Gasteiger partial charge in [-0.05, 0) is 83.1 Å². The van der Waals surface area contributed by atoms with Crippen LogP contribution in [0.2, 0.25) is 0 Å². The highest BCUT2D eigenvalue weighted by Gasteiger charge is 2.16. The van der Waals surface area contributed by atoms with E-state index in [1.807, 2.05) is 48.6 Å². The molecule has 0 aliphatic rings. The van der Waals surface area contributed by atoms with Crippen molar-refractivity contribution in [1.29, 1.82) is 0 Å². The van der Waals surface area contributed by atoms with Crippen LogP contribution in [0.5, 0.6) is 0 Å². The maximum atomic E-state index is 11.3. The summed E-state index contributed by atoms with van der Waals surface area (Å²) in [5, 5.41) is 0. The van der Waals surface area contributed by atoms with Crippen LogP contribution in [0.25, 0.3) is 24.3 Å². The Labute approximate surface area is 275 Å². The summed E-state index contributed by atoms with van der Waals surface area (Å²) in [5.74, 6) is 0. The predicted octanol–water partition coefficient (Wildman–Crippen LogP) is 9.47. The van der Waals surface area contributed by atoms with Gasteiger partial charge in [0.1, 0.15) is 0 Å². The second-order valence-electron chi connectivity index (χ2n) is 11.6. The average Bonchev–Trinajstić information content (AvgIpc) is 3.01. The monoisotopic (exact) mass is 665 g/mol. The van der Waals surface area contributed by atoms with Crippen molar-refractivity contribution in [1.82, 2.24) is 0 Å². The van der Waals surface area contributed by atoms with Gasteiger partial charge in [0.05, 0.1) is 12.3 Å². The summed E-state index contributed by atoms with van der Waals surface area (Å²) >= 11 is 0. The van der Waals surface area contributed by atoms with Crippen LogP contribution in [0, 0.1) is 13.8 Å². The van der Waals surface area contributed by atoms with Crippen LogP contribution in [0.3, 0.4) is 0 Å². The quantitative estimate of drug-likeness (QED) is 0.0820. The van der Waals surface area contributed by atoms with Crippen molar-refractivity contribution in [3.05, 3.63) is 160 Å². The molecule has 0 aliphatic carbocycles. The first-order valence-electron chi connectivity index (χ1n) is 15.0. The van der Waals surface area contributed by atoms with E-state index in [1.54, 1.807) is 24.3 Å². The molecule has 0 unspecified atom stereocenters. The molecule has 0 amide bonds. The molecule has 7 nitrogen and oxygen atoms in total. The van der Waals surface area contributed by atoms with Crippen LogP contribution >= 0.6 is 15.2 Å². The lowest BCUT2D eigenvalue weighted by atomic mass is 10.1. The van der Waals surface area contributed by atoms with E-state index in [-0.39, 0.29) is 12.3 Å². The van der Waals surface area contributed by atoms with E-state index in [1.165, 1.54) is 5.56 Å². The van der Waals surface area contributed by atoms with Crippen molar-refractivity contribution in [2.45, 2.75) is 26.2 Å². The summed E-state index contributed by atoms with van der Waals surface area (Å²) in [6.45, 7) is 4.19. The molecule has 4 N–H and O–H groups in total. The molecule has 0 heterocycles. The summed E-state index contributed by atoms with van der Waals surface area (Å²) < 4.78 is 22.5. The molecule has 0 radical (unpaired) electrons. The van der Waals surface area contributed by atoms with Gasteiger partial charge >= 0.3 is 15.2 Å². The zero-order valence-corrected chi connectivity index (χ0v) is 27.9. The zero-order valence-electron chi connectivity index (χ0n) is 26.1. The molecule has 0 aromatic heterocycles. The average molecular weight is 666 g/mol. The molecule has 0 saturated carbocycles. The SMILES string of the molecule is Cc1ccc(N(c2ccc(C=Cc3ccc(CP(=O)(O)O)cc3)cc2)c2ccc(/C=C/c3ccc(CP(=O)(O)O)cc3)cc2)c(C)c1. The lowest BCUT2D eigenvalue weighted by Gasteiger charge is -2.27. The number of rotatable bonds is 11. The molecular weight excluding hydrogens is 628 g/mol. The van der Waals surface area contributed by atoms with Crippen LogP contribution in [0.4, 0.5) is 17.1 Å². The van der Waals surface area contributed by atoms with Crippen molar-refractivity contribution >= 4 is 56.6 Å². The fourth-order valence-electron chi connectivity index (χ4n) is 5.28. The van der Waals surface area contributed by atoms with Gasteiger partial charge in [-0.25, -0.2) is 0 Å². The smallest absolute Gasteiger partial charge is 0.324 e. The Morgan fingerprint density at radius 2 is 0.851 bits per heavy atom. The molecule has 240 valence electrons. The van der Waals surface area contributed by atoms with Crippen molar-refractivity contribution in [3.63, 3.8) is 0 Å². The van der Waals surface area contributed by atoms with E-state index in [4.69, 9.17) is 0 Å². The molecule has 0 atom stereocenters. The third-order valence-corrected chi connectivity index (χ3v) is 9.12. The van der Waals surface area contributed by atoms with Crippen LogP contribution in [0.15, 0.2) is 115 Å². The number of anilines is 3. The minimum atomic E-state index is -4.10. The maximum Gasteiger partial charge on any atom is 0.329 e. The van der Waals surface area contributed by atoms with Crippen molar-refractivity contribution < 1.29 is 28.7 Å². The molecule has 5 aromatic carbocycles. The number of aryl methyl sites for hydroxylation is 2.